The molecule has 1 aromatic heterocycles. The Morgan fingerprint density at radius 3 is 2.53 bits per heavy atom. The number of aromatic nitrogens is 2. The number of hydrogen-bond donors (Lipinski definition) is 1. The van der Waals surface area contributed by atoms with Crippen LogP contribution in [0.5, 0.6) is 0 Å². The molecule has 2 rings (SSSR count). The molecule has 1 aromatic carbocycles. The zero-order chi connectivity index (χ0) is 14.2. The Labute approximate surface area is 112 Å². The first-order chi connectivity index (χ1) is 8.82. The molecule has 0 amide bonds. The molecule has 4 heteroatoms. The van der Waals surface area contributed by atoms with Gasteiger partial charge in [0.05, 0.1) is 11.4 Å². The van der Waals surface area contributed by atoms with Crippen molar-refractivity contribution in [2.24, 2.45) is 0 Å². The average Bonchev–Trinajstić information content (AvgIpc) is 2.78. The second-order valence-corrected chi connectivity index (χ2v) is 5.37. The van der Waals surface area contributed by atoms with Crippen LogP contribution in [0.25, 0.3) is 5.69 Å². The molecule has 1 N–H and O–H groups in total. The monoisotopic (exact) mass is 258 g/mol. The van der Waals surface area contributed by atoms with E-state index in [9.17, 15) is 9.90 Å². The molecule has 0 bridgehead atoms. The molecule has 0 saturated heterocycles. The lowest BCUT2D eigenvalue weighted by Gasteiger charge is -2.15. The Balaban J connectivity index is 2.44. The summed E-state index contributed by atoms with van der Waals surface area (Å²) in [5.74, 6) is -0.877. The third-order valence-electron chi connectivity index (χ3n) is 3.36. The van der Waals surface area contributed by atoms with Crippen LogP contribution >= 0.6 is 0 Å². The van der Waals surface area contributed by atoms with Crippen molar-refractivity contribution >= 4 is 5.97 Å². The molecular weight excluding hydrogens is 240 g/mol. The van der Waals surface area contributed by atoms with Gasteiger partial charge in [0.25, 0.3) is 0 Å². The molecule has 0 aliphatic heterocycles. The normalized spacial score (nSPS) is 11.6. The van der Waals surface area contributed by atoms with E-state index in [1.807, 2.05) is 26.0 Å². The lowest BCUT2D eigenvalue weighted by Crippen LogP contribution is -2.29. The third-order valence-corrected chi connectivity index (χ3v) is 3.36. The van der Waals surface area contributed by atoms with Crippen LogP contribution in [0.3, 0.4) is 0 Å². The van der Waals surface area contributed by atoms with Crippen LogP contribution in [0.2, 0.25) is 0 Å². The summed E-state index contributed by atoms with van der Waals surface area (Å²) in [7, 11) is 0. The topological polar surface area (TPSA) is 55.1 Å². The largest absolute Gasteiger partial charge is 0.481 e. The van der Waals surface area contributed by atoms with Crippen molar-refractivity contribution < 1.29 is 9.90 Å². The summed E-state index contributed by atoms with van der Waals surface area (Å²) in [6.07, 6.45) is 1.80. The van der Waals surface area contributed by atoms with Crippen molar-refractivity contribution in [3.63, 3.8) is 0 Å². The first-order valence-electron chi connectivity index (χ1n) is 6.19. The number of rotatable bonds is 3. The van der Waals surface area contributed by atoms with E-state index in [2.05, 4.69) is 11.2 Å². The van der Waals surface area contributed by atoms with E-state index in [-0.39, 0.29) is 0 Å². The molecule has 4 nitrogen and oxygen atoms in total. The number of carboxylic acid groups (broad SMARTS) is 1. The summed E-state index contributed by atoms with van der Waals surface area (Å²) in [4.78, 5) is 11.2. The van der Waals surface area contributed by atoms with Crippen molar-refractivity contribution in [3.05, 3.63) is 47.3 Å². The molecule has 0 spiro atoms. The van der Waals surface area contributed by atoms with E-state index in [1.165, 1.54) is 5.56 Å². The van der Waals surface area contributed by atoms with Crippen molar-refractivity contribution in [1.29, 1.82) is 0 Å². The van der Waals surface area contributed by atoms with E-state index < -0.39 is 11.4 Å². The van der Waals surface area contributed by atoms with E-state index >= 15 is 0 Å². The van der Waals surface area contributed by atoms with Gasteiger partial charge in [-0.1, -0.05) is 17.7 Å². The average molecular weight is 258 g/mol. The molecule has 0 aliphatic rings. The van der Waals surface area contributed by atoms with Gasteiger partial charge in [0.15, 0.2) is 0 Å². The minimum absolute atomic E-state index is 0.556. The quantitative estimate of drug-likeness (QED) is 0.921. The van der Waals surface area contributed by atoms with Crippen LogP contribution in [-0.4, -0.2) is 20.9 Å². The highest BCUT2D eigenvalue weighted by atomic mass is 16.4. The molecule has 2 aromatic rings. The van der Waals surface area contributed by atoms with Crippen LogP contribution in [0.15, 0.2) is 30.5 Å². The fourth-order valence-corrected chi connectivity index (χ4v) is 1.96. The Bertz CT molecular complexity index is 627. The zero-order valence-corrected chi connectivity index (χ0v) is 11.6. The van der Waals surface area contributed by atoms with Gasteiger partial charge in [-0.05, 0) is 45.4 Å². The fraction of sp³-hybridized carbons (Fsp3) is 0.333. The molecule has 19 heavy (non-hydrogen) atoms. The van der Waals surface area contributed by atoms with Gasteiger partial charge in [-0.2, -0.15) is 5.10 Å². The maximum absolute atomic E-state index is 11.2. The molecule has 0 fully saturated rings. The number of carboxylic acids is 1. The van der Waals surface area contributed by atoms with Gasteiger partial charge < -0.3 is 5.11 Å². The van der Waals surface area contributed by atoms with E-state index in [1.54, 1.807) is 30.8 Å². The highest BCUT2D eigenvalue weighted by Crippen LogP contribution is 2.23. The molecular formula is C15H18N2O2. The second-order valence-electron chi connectivity index (χ2n) is 5.37. The third kappa shape index (κ3) is 2.38. The number of carbonyl (C=O) groups is 1. The summed E-state index contributed by atoms with van der Waals surface area (Å²) < 4.78 is 1.73. The Hall–Kier alpha value is -2.10. The first-order valence-corrected chi connectivity index (χ1v) is 6.19. The van der Waals surface area contributed by atoms with Gasteiger partial charge in [0.2, 0.25) is 0 Å². The molecule has 0 atom stereocenters. The van der Waals surface area contributed by atoms with Crippen molar-refractivity contribution in [3.8, 4) is 5.69 Å². The van der Waals surface area contributed by atoms with Crippen LogP contribution in [0.4, 0.5) is 0 Å². The summed E-state index contributed by atoms with van der Waals surface area (Å²) in [6.45, 7) is 7.37. The fourth-order valence-electron chi connectivity index (χ4n) is 1.96. The SMILES string of the molecule is Cc1ccc(-n2ccc(C(C)(C)C(=O)O)n2)c(C)c1. The summed E-state index contributed by atoms with van der Waals surface area (Å²) >= 11 is 0. The van der Waals surface area contributed by atoms with Crippen LogP contribution in [-0.2, 0) is 10.2 Å². The minimum Gasteiger partial charge on any atom is -0.481 e. The van der Waals surface area contributed by atoms with Crippen LogP contribution in [0.1, 0.15) is 30.7 Å². The lowest BCUT2D eigenvalue weighted by molar-refractivity contribution is -0.142. The minimum atomic E-state index is -0.982. The second kappa shape index (κ2) is 4.53. The molecule has 100 valence electrons. The first kappa shape index (κ1) is 13.3. The lowest BCUT2D eigenvalue weighted by atomic mass is 9.90. The summed E-state index contributed by atoms with van der Waals surface area (Å²) in [5.41, 5.74) is 2.85. The molecule has 0 aliphatic carbocycles. The highest BCUT2D eigenvalue weighted by molar-refractivity contribution is 5.79. The summed E-state index contributed by atoms with van der Waals surface area (Å²) in [6, 6.07) is 7.85. The van der Waals surface area contributed by atoms with Gasteiger partial charge in [-0.15, -0.1) is 0 Å². The van der Waals surface area contributed by atoms with Gasteiger partial charge in [0.1, 0.15) is 5.41 Å². The van der Waals surface area contributed by atoms with Crippen molar-refractivity contribution in [2.45, 2.75) is 33.1 Å². The van der Waals surface area contributed by atoms with E-state index in [4.69, 9.17) is 0 Å². The Morgan fingerprint density at radius 1 is 1.26 bits per heavy atom. The van der Waals surface area contributed by atoms with Crippen molar-refractivity contribution in [2.75, 3.05) is 0 Å². The molecule has 0 saturated carbocycles. The van der Waals surface area contributed by atoms with Crippen molar-refractivity contribution in [1.82, 2.24) is 9.78 Å². The van der Waals surface area contributed by atoms with Gasteiger partial charge in [-0.25, -0.2) is 4.68 Å². The van der Waals surface area contributed by atoms with E-state index in [0.29, 0.717) is 5.69 Å². The van der Waals surface area contributed by atoms with Gasteiger partial charge >= 0.3 is 5.97 Å². The predicted molar refractivity (Wildman–Crippen MR) is 73.7 cm³/mol. The highest BCUT2D eigenvalue weighted by Gasteiger charge is 2.32. The van der Waals surface area contributed by atoms with Gasteiger partial charge in [0, 0.05) is 6.20 Å². The number of hydrogen-bond acceptors (Lipinski definition) is 2. The Kier molecular flexibility index (Phi) is 3.18. The number of benzene rings is 1. The molecule has 0 radical (unpaired) electrons. The van der Waals surface area contributed by atoms with Crippen LogP contribution in [0, 0.1) is 13.8 Å². The maximum atomic E-state index is 11.2. The standard InChI is InChI=1S/C15H18N2O2/c1-10-5-6-12(11(2)9-10)17-8-7-13(16-17)15(3,4)14(18)19/h5-9H,1-4H3,(H,18,19). The molecule has 0 unspecified atom stereocenters. The number of aliphatic carboxylic acids is 1. The zero-order valence-electron chi connectivity index (χ0n) is 11.6. The maximum Gasteiger partial charge on any atom is 0.315 e. The van der Waals surface area contributed by atoms with Gasteiger partial charge in [-0.3, -0.25) is 4.79 Å². The number of nitrogens with zero attached hydrogens (tertiary/aromatic N) is 2. The predicted octanol–water partition coefficient (Wildman–Crippen LogP) is 2.85. The Morgan fingerprint density at radius 2 is 1.95 bits per heavy atom. The molecule has 1 heterocycles. The summed E-state index contributed by atoms with van der Waals surface area (Å²) in [5, 5.41) is 13.6. The van der Waals surface area contributed by atoms with E-state index in [0.717, 1.165) is 11.3 Å². The van der Waals surface area contributed by atoms with Crippen LogP contribution < -0.4 is 0 Å². The smallest absolute Gasteiger partial charge is 0.315 e. The number of aryl methyl sites for hydroxylation is 2.